The van der Waals surface area contributed by atoms with E-state index in [1.165, 1.54) is 6.07 Å². The van der Waals surface area contributed by atoms with E-state index >= 15 is 0 Å². The molecule has 2 aromatic rings. The lowest BCUT2D eigenvalue weighted by Crippen LogP contribution is -2.15. The molecule has 1 aromatic carbocycles. The minimum absolute atomic E-state index is 0.365. The molecule has 0 saturated heterocycles. The molecule has 1 aliphatic heterocycles. The minimum Gasteiger partial charge on any atom is -0.486 e. The number of nitrogens with one attached hydrogen (secondary N) is 1. The van der Waals surface area contributed by atoms with Crippen LogP contribution in [0.3, 0.4) is 0 Å². The Hall–Kier alpha value is -3.26. The molecule has 0 fully saturated rings. The molecule has 1 N–H and O–H groups in total. The van der Waals surface area contributed by atoms with Gasteiger partial charge in [-0.25, -0.2) is 13.4 Å². The summed E-state index contributed by atoms with van der Waals surface area (Å²) < 4.78 is 73.4. The summed E-state index contributed by atoms with van der Waals surface area (Å²) in [4.78, 5) is 2.62. The fourth-order valence-corrected chi connectivity index (χ4v) is 3.27. The van der Waals surface area contributed by atoms with Crippen LogP contribution in [0.25, 0.3) is 0 Å². The van der Waals surface area contributed by atoms with Gasteiger partial charge < -0.3 is 14.8 Å². The normalized spacial score (nSPS) is 14.3. The van der Waals surface area contributed by atoms with Crippen LogP contribution in [0, 0.1) is 11.3 Å². The third kappa shape index (κ3) is 4.01. The molecule has 0 saturated carbocycles. The maximum Gasteiger partial charge on any atom is 0.417 e. The van der Waals surface area contributed by atoms with E-state index in [9.17, 15) is 26.9 Å². The van der Waals surface area contributed by atoms with Gasteiger partial charge in [0.1, 0.15) is 19.3 Å². The van der Waals surface area contributed by atoms with E-state index in [2.05, 4.69) is 10.3 Å². The van der Waals surface area contributed by atoms with Gasteiger partial charge in [-0.1, -0.05) is 0 Å². The molecule has 0 atom stereocenters. The van der Waals surface area contributed by atoms with Crippen LogP contribution in [0.15, 0.2) is 52.7 Å². The van der Waals surface area contributed by atoms with Gasteiger partial charge >= 0.3 is 6.18 Å². The van der Waals surface area contributed by atoms with Crippen molar-refractivity contribution in [1.29, 1.82) is 5.26 Å². The van der Waals surface area contributed by atoms with E-state index in [4.69, 9.17) is 9.47 Å². The number of halogens is 3. The number of benzene rings is 1. The van der Waals surface area contributed by atoms with Gasteiger partial charge in [0.15, 0.2) is 21.4 Å². The highest BCUT2D eigenvalue weighted by Gasteiger charge is 2.32. The van der Waals surface area contributed by atoms with Gasteiger partial charge in [0, 0.05) is 24.2 Å². The predicted octanol–water partition coefficient (Wildman–Crippen LogP) is 3.12. The molecule has 0 spiro atoms. The molecule has 0 radical (unpaired) electrons. The fraction of sp³-hybridized carbons (Fsp3) is 0.176. The highest BCUT2D eigenvalue weighted by Crippen LogP contribution is 2.33. The van der Waals surface area contributed by atoms with Gasteiger partial charge in [-0.3, -0.25) is 0 Å². The van der Waals surface area contributed by atoms with Gasteiger partial charge in [-0.05, 0) is 24.3 Å². The van der Waals surface area contributed by atoms with E-state index in [1.807, 2.05) is 0 Å². The Bertz CT molecular complexity index is 1060. The fourth-order valence-electron chi connectivity index (χ4n) is 2.27. The second-order valence-electron chi connectivity index (χ2n) is 5.51. The number of pyridine rings is 1. The third-order valence-electron chi connectivity index (χ3n) is 3.65. The summed E-state index contributed by atoms with van der Waals surface area (Å²) in [5.41, 5.74) is -0.670. The Morgan fingerprint density at radius 1 is 1.18 bits per heavy atom. The summed E-state index contributed by atoms with van der Waals surface area (Å²) >= 11 is 0. The Morgan fingerprint density at radius 3 is 2.50 bits per heavy atom. The number of hydrogen-bond donors (Lipinski definition) is 1. The van der Waals surface area contributed by atoms with E-state index in [0.717, 1.165) is 6.20 Å². The highest BCUT2D eigenvalue weighted by molar-refractivity contribution is 7.95. The van der Waals surface area contributed by atoms with Crippen LogP contribution in [-0.4, -0.2) is 26.6 Å². The summed E-state index contributed by atoms with van der Waals surface area (Å²) in [5, 5.41) is 11.2. The van der Waals surface area contributed by atoms with Crippen LogP contribution < -0.4 is 14.8 Å². The molecular weight excluding hydrogens is 399 g/mol. The van der Waals surface area contributed by atoms with Crippen LogP contribution in [0.1, 0.15) is 5.56 Å². The number of aromatic nitrogens is 1. The second-order valence-corrected chi connectivity index (χ2v) is 7.37. The zero-order valence-electron chi connectivity index (χ0n) is 14.0. The number of ether oxygens (including phenoxy) is 2. The highest BCUT2D eigenvalue weighted by atomic mass is 32.2. The van der Waals surface area contributed by atoms with Crippen molar-refractivity contribution in [3.8, 4) is 17.6 Å². The van der Waals surface area contributed by atoms with Crippen LogP contribution in [-0.2, 0) is 16.0 Å². The van der Waals surface area contributed by atoms with Gasteiger partial charge in [0.2, 0.25) is 9.84 Å². The van der Waals surface area contributed by atoms with E-state index < -0.39 is 31.5 Å². The molecule has 11 heteroatoms. The number of allylic oxidation sites excluding steroid dienone is 1. The first-order chi connectivity index (χ1) is 13.2. The molecule has 2 heterocycles. The quantitative estimate of drug-likeness (QED) is 0.772. The van der Waals surface area contributed by atoms with Crippen LogP contribution >= 0.6 is 0 Å². The van der Waals surface area contributed by atoms with E-state index in [1.54, 1.807) is 18.2 Å². The molecule has 0 aliphatic carbocycles. The minimum atomic E-state index is -4.65. The molecular formula is C17H12F3N3O4S. The Balaban J connectivity index is 1.84. The summed E-state index contributed by atoms with van der Waals surface area (Å²) in [6.07, 6.45) is -3.32. The number of sulfone groups is 1. The summed E-state index contributed by atoms with van der Waals surface area (Å²) in [7, 11) is -4.40. The Labute approximate surface area is 157 Å². The monoisotopic (exact) mass is 411 g/mol. The van der Waals surface area contributed by atoms with Gasteiger partial charge in [0.05, 0.1) is 5.56 Å². The van der Waals surface area contributed by atoms with Crippen molar-refractivity contribution in [2.75, 3.05) is 18.5 Å². The molecule has 1 aliphatic rings. The maximum absolute atomic E-state index is 12.6. The van der Waals surface area contributed by atoms with Crippen LogP contribution in [0.5, 0.6) is 11.5 Å². The molecule has 146 valence electrons. The maximum atomic E-state index is 12.6. The van der Waals surface area contributed by atoms with Crippen molar-refractivity contribution in [3.63, 3.8) is 0 Å². The zero-order chi connectivity index (χ0) is 20.4. The summed E-state index contributed by atoms with van der Waals surface area (Å²) in [6, 6.07) is 7.56. The number of rotatable bonds is 4. The molecule has 7 nitrogen and oxygen atoms in total. The Kier molecular flexibility index (Phi) is 5.15. The number of hydrogen-bond acceptors (Lipinski definition) is 7. The first-order valence-electron chi connectivity index (χ1n) is 7.76. The lowest BCUT2D eigenvalue weighted by Gasteiger charge is -2.18. The summed E-state index contributed by atoms with van der Waals surface area (Å²) in [6.45, 7) is 0.778. The van der Waals surface area contributed by atoms with Crippen LogP contribution in [0.2, 0.25) is 0 Å². The van der Waals surface area contributed by atoms with Gasteiger partial charge in [-0.15, -0.1) is 0 Å². The number of anilines is 1. The lowest BCUT2D eigenvalue weighted by atomic mass is 10.2. The van der Waals surface area contributed by atoms with Gasteiger partial charge in [0.25, 0.3) is 0 Å². The first kappa shape index (κ1) is 19.5. The first-order valence-corrected chi connectivity index (χ1v) is 9.25. The van der Waals surface area contributed by atoms with Crippen molar-refractivity contribution in [2.45, 2.75) is 11.2 Å². The average Bonchev–Trinajstić information content (AvgIpc) is 2.67. The largest absolute Gasteiger partial charge is 0.486 e. The smallest absolute Gasteiger partial charge is 0.417 e. The number of nitriles is 1. The third-order valence-corrected chi connectivity index (χ3v) is 5.23. The van der Waals surface area contributed by atoms with Crippen molar-refractivity contribution in [2.24, 2.45) is 0 Å². The zero-order valence-corrected chi connectivity index (χ0v) is 14.8. The van der Waals surface area contributed by atoms with E-state index in [-0.39, 0.29) is 0 Å². The number of nitrogens with zero attached hydrogens (tertiary/aromatic N) is 2. The predicted molar refractivity (Wildman–Crippen MR) is 91.2 cm³/mol. The molecule has 1 aromatic heterocycles. The summed E-state index contributed by atoms with van der Waals surface area (Å²) in [5.74, 6) is 0.985. The van der Waals surface area contributed by atoms with Crippen molar-refractivity contribution >= 4 is 15.5 Å². The second kappa shape index (κ2) is 7.40. The van der Waals surface area contributed by atoms with Crippen molar-refractivity contribution < 1.29 is 31.1 Å². The number of alkyl halides is 3. The Morgan fingerprint density at radius 2 is 1.89 bits per heavy atom. The molecule has 0 unspecified atom stereocenters. The average molecular weight is 411 g/mol. The molecule has 0 bridgehead atoms. The van der Waals surface area contributed by atoms with Crippen molar-refractivity contribution in [1.82, 2.24) is 4.98 Å². The topological polar surface area (TPSA) is 101 Å². The lowest BCUT2D eigenvalue weighted by molar-refractivity contribution is -0.137. The molecule has 3 rings (SSSR count). The number of fused-ring (bicyclic) bond motifs is 1. The molecule has 28 heavy (non-hydrogen) atoms. The van der Waals surface area contributed by atoms with E-state index in [0.29, 0.717) is 48.7 Å². The van der Waals surface area contributed by atoms with Gasteiger partial charge in [-0.2, -0.15) is 18.4 Å². The SMILES string of the molecule is N#CC(=CNc1ccc2c(c1)OCCO2)S(=O)(=O)c1ccc(C(F)(F)F)cn1. The standard InChI is InChI=1S/C17H12F3N3O4S/c18-17(19,20)11-1-4-16(23-9-11)28(24,25)13(8-21)10-22-12-2-3-14-15(7-12)27-6-5-26-14/h1-4,7,9-10,22H,5-6H2. The molecule has 0 amide bonds. The van der Waals surface area contributed by atoms with Crippen LogP contribution in [0.4, 0.5) is 18.9 Å². The van der Waals surface area contributed by atoms with Crippen molar-refractivity contribution in [3.05, 3.63) is 53.2 Å².